The number of amides is 1. The van der Waals surface area contributed by atoms with E-state index in [1.165, 1.54) is 25.3 Å². The summed E-state index contributed by atoms with van der Waals surface area (Å²) in [7, 11) is -3.39. The van der Waals surface area contributed by atoms with E-state index in [4.69, 9.17) is 8.92 Å². The van der Waals surface area contributed by atoms with Crippen LogP contribution in [-0.4, -0.2) is 32.5 Å². The molecule has 1 amide bonds. The van der Waals surface area contributed by atoms with E-state index in [1.54, 1.807) is 36.4 Å². The summed E-state index contributed by atoms with van der Waals surface area (Å²) in [5.74, 6) is 0.229. The van der Waals surface area contributed by atoms with Crippen LogP contribution in [0.3, 0.4) is 0 Å². The topological polar surface area (TPSA) is 156 Å². The largest absolute Gasteiger partial charge is 1.00 e. The molecule has 2 aromatic rings. The van der Waals surface area contributed by atoms with Crippen molar-refractivity contribution in [2.75, 3.05) is 13.7 Å². The second-order valence-electron chi connectivity index (χ2n) is 5.71. The zero-order chi connectivity index (χ0) is 22.7. The summed E-state index contributed by atoms with van der Waals surface area (Å²) in [5.41, 5.74) is 1.47. The summed E-state index contributed by atoms with van der Waals surface area (Å²) >= 11 is 0.326. The van der Waals surface area contributed by atoms with Gasteiger partial charge in [-0.25, -0.2) is 8.42 Å². The summed E-state index contributed by atoms with van der Waals surface area (Å²) in [5, 5.41) is 15.6. The second-order valence-corrected chi connectivity index (χ2v) is 7.13. The number of hydrogen-bond donors (Lipinski definition) is 1. The predicted molar refractivity (Wildman–Crippen MR) is 106 cm³/mol. The standard InChI is InChI=1S/C18H19NO10S2.2Na/c1-25-17-12-14(4-8-16(17)26-30-29-28-21)5-9-18(20)19-11-10-13-2-6-15(7-3-13)27-31(22,23)24;;/h2-9,12,21H,10-11H2,1H3,(H,19,20)(H,22,23,24);;/q;2*+1/p-2/b9-5+;;. The minimum atomic E-state index is -4.81. The van der Waals surface area contributed by atoms with Crippen LogP contribution in [0.1, 0.15) is 11.1 Å². The Bertz CT molecular complexity index is 1000. The van der Waals surface area contributed by atoms with E-state index in [0.717, 1.165) is 5.56 Å². The summed E-state index contributed by atoms with van der Waals surface area (Å²) in [6.45, 7) is 0.332. The molecular weight excluding hydrogens is 500 g/mol. The molecule has 0 bridgehead atoms. The maximum absolute atomic E-state index is 12.0. The summed E-state index contributed by atoms with van der Waals surface area (Å²) < 4.78 is 50.1. The molecule has 0 saturated heterocycles. The molecule has 0 heterocycles. The van der Waals surface area contributed by atoms with E-state index in [2.05, 4.69) is 18.9 Å². The Morgan fingerprint density at radius 1 is 1.12 bits per heavy atom. The fraction of sp³-hybridized carbons (Fsp3) is 0.167. The molecular formula is C18H17NNa2O10S2. The molecule has 0 aromatic heterocycles. The van der Waals surface area contributed by atoms with E-state index in [1.807, 2.05) is 0 Å². The molecule has 2 rings (SSSR count). The van der Waals surface area contributed by atoms with Crippen molar-refractivity contribution in [1.29, 1.82) is 0 Å². The number of carbonyl (C=O) groups excluding carboxylic acids is 1. The number of ether oxygens (including phenoxy) is 1. The predicted octanol–water partition coefficient (Wildman–Crippen LogP) is -4.92. The van der Waals surface area contributed by atoms with Gasteiger partial charge in [-0.15, -0.1) is 4.33 Å². The van der Waals surface area contributed by atoms with E-state index in [0.29, 0.717) is 36.6 Å². The molecule has 0 spiro atoms. The molecule has 168 valence electrons. The normalized spacial score (nSPS) is 10.6. The molecule has 0 atom stereocenters. The Labute approximate surface area is 239 Å². The van der Waals surface area contributed by atoms with Crippen molar-refractivity contribution in [3.05, 3.63) is 59.7 Å². The number of nitrogens with one attached hydrogen (secondary N) is 1. The van der Waals surface area contributed by atoms with E-state index < -0.39 is 10.4 Å². The average Bonchev–Trinajstić information content (AvgIpc) is 2.73. The quantitative estimate of drug-likeness (QED) is 0.0421. The molecule has 11 nitrogen and oxygen atoms in total. The third kappa shape index (κ3) is 13.0. The first-order valence-electron chi connectivity index (χ1n) is 8.49. The van der Waals surface area contributed by atoms with Gasteiger partial charge in [0.2, 0.25) is 5.91 Å². The molecule has 0 aliphatic carbocycles. The van der Waals surface area contributed by atoms with E-state index >= 15 is 0 Å². The first-order valence-corrected chi connectivity index (χ1v) is 10.5. The SMILES string of the molecule is COc1cc(/C=C/C(=O)NCCc2ccc(OS(=O)(=O)[O-])cc2)ccc1OSOO[O-].[Na+].[Na+]. The van der Waals surface area contributed by atoms with Crippen molar-refractivity contribution < 1.29 is 105 Å². The van der Waals surface area contributed by atoms with Crippen molar-refractivity contribution in [3.8, 4) is 17.2 Å². The van der Waals surface area contributed by atoms with Crippen LogP contribution in [0.25, 0.3) is 6.08 Å². The van der Waals surface area contributed by atoms with Crippen LogP contribution in [0.2, 0.25) is 0 Å². The molecule has 0 aliphatic heterocycles. The zero-order valence-electron chi connectivity index (χ0n) is 18.0. The Morgan fingerprint density at radius 3 is 2.42 bits per heavy atom. The van der Waals surface area contributed by atoms with Gasteiger partial charge in [-0.2, -0.15) is 0 Å². The molecule has 0 aliphatic rings. The van der Waals surface area contributed by atoms with Crippen LogP contribution in [0.15, 0.2) is 48.5 Å². The minimum absolute atomic E-state index is 0. The Kier molecular flexibility index (Phi) is 16.3. The van der Waals surface area contributed by atoms with Crippen LogP contribution in [0.4, 0.5) is 0 Å². The number of carbonyl (C=O) groups is 1. The van der Waals surface area contributed by atoms with Gasteiger partial charge in [-0.05, 0) is 47.9 Å². The molecule has 0 fully saturated rings. The third-order valence-electron chi connectivity index (χ3n) is 3.63. The van der Waals surface area contributed by atoms with Crippen LogP contribution in [0.5, 0.6) is 17.2 Å². The first-order chi connectivity index (χ1) is 14.8. The van der Waals surface area contributed by atoms with Crippen molar-refractivity contribution in [2.24, 2.45) is 0 Å². The van der Waals surface area contributed by atoms with Gasteiger partial charge < -0.3 is 28.2 Å². The minimum Gasteiger partial charge on any atom is -0.716 e. The van der Waals surface area contributed by atoms with Crippen molar-refractivity contribution in [2.45, 2.75) is 6.42 Å². The molecule has 1 N–H and O–H groups in total. The van der Waals surface area contributed by atoms with E-state index in [-0.39, 0.29) is 76.5 Å². The van der Waals surface area contributed by atoms with Crippen molar-refractivity contribution in [1.82, 2.24) is 5.32 Å². The smallest absolute Gasteiger partial charge is 0.716 e. The van der Waals surface area contributed by atoms with Crippen LogP contribution >= 0.6 is 12.3 Å². The second kappa shape index (κ2) is 16.8. The monoisotopic (exact) mass is 517 g/mol. The number of methoxy groups -OCH3 is 1. The van der Waals surface area contributed by atoms with Gasteiger partial charge in [0.1, 0.15) is 5.75 Å². The summed E-state index contributed by atoms with van der Waals surface area (Å²) in [6, 6.07) is 10.7. The van der Waals surface area contributed by atoms with E-state index in [9.17, 15) is 23.0 Å². The van der Waals surface area contributed by atoms with Gasteiger partial charge in [-0.3, -0.25) is 9.83 Å². The average molecular weight is 517 g/mol. The fourth-order valence-electron chi connectivity index (χ4n) is 2.31. The van der Waals surface area contributed by atoms with Gasteiger partial charge >= 0.3 is 59.1 Å². The molecule has 0 saturated carbocycles. The van der Waals surface area contributed by atoms with Gasteiger partial charge in [0.05, 0.1) is 7.11 Å². The van der Waals surface area contributed by atoms with Gasteiger partial charge in [0.15, 0.2) is 11.5 Å². The maximum Gasteiger partial charge on any atom is 1.00 e. The van der Waals surface area contributed by atoms with Crippen LogP contribution in [-0.2, 0) is 31.0 Å². The van der Waals surface area contributed by atoms with Gasteiger partial charge in [0, 0.05) is 12.6 Å². The van der Waals surface area contributed by atoms with Gasteiger partial charge in [-0.1, -0.05) is 18.2 Å². The van der Waals surface area contributed by atoms with Crippen LogP contribution < -0.4 is 82.8 Å². The Balaban J connectivity index is 0.00000512. The Hall–Kier alpha value is -0.810. The summed E-state index contributed by atoms with van der Waals surface area (Å²) in [6.07, 6.45) is 3.40. The van der Waals surface area contributed by atoms with Crippen molar-refractivity contribution in [3.63, 3.8) is 0 Å². The fourth-order valence-corrected chi connectivity index (χ4v) is 2.92. The summed E-state index contributed by atoms with van der Waals surface area (Å²) in [4.78, 5) is 12.0. The van der Waals surface area contributed by atoms with Gasteiger partial charge in [0.25, 0.3) is 22.7 Å². The number of rotatable bonds is 12. The molecule has 0 radical (unpaired) electrons. The Morgan fingerprint density at radius 2 is 1.82 bits per heavy atom. The maximum atomic E-state index is 12.0. The molecule has 2 aromatic carbocycles. The molecule has 33 heavy (non-hydrogen) atoms. The molecule has 15 heteroatoms. The molecule has 0 unspecified atom stereocenters. The first kappa shape index (κ1) is 32.2. The van der Waals surface area contributed by atoms with Crippen molar-refractivity contribution >= 4 is 34.7 Å². The van der Waals surface area contributed by atoms with Crippen LogP contribution in [0, 0.1) is 0 Å². The number of benzene rings is 2. The third-order valence-corrected chi connectivity index (χ3v) is 4.38. The number of hydrogen-bond acceptors (Lipinski definition) is 11. The zero-order valence-corrected chi connectivity index (χ0v) is 23.6.